The molecule has 0 atom stereocenters. The van der Waals surface area contributed by atoms with E-state index in [9.17, 15) is 0 Å². The van der Waals surface area contributed by atoms with Crippen LogP contribution >= 0.6 is 0 Å². The molecule has 3 aliphatic rings. The van der Waals surface area contributed by atoms with Crippen LogP contribution in [0, 0.1) is 0 Å². The summed E-state index contributed by atoms with van der Waals surface area (Å²) in [6.45, 7) is 10.0. The first-order valence-corrected chi connectivity index (χ1v) is 6.83. The van der Waals surface area contributed by atoms with Crippen LogP contribution in [0.15, 0.2) is 0 Å². The van der Waals surface area contributed by atoms with E-state index in [0.717, 1.165) is 12.1 Å². The molecule has 3 aliphatic heterocycles. The van der Waals surface area contributed by atoms with Gasteiger partial charge >= 0.3 is 0 Å². The fourth-order valence-electron chi connectivity index (χ4n) is 3.17. The van der Waals surface area contributed by atoms with Crippen molar-refractivity contribution < 1.29 is 0 Å². The van der Waals surface area contributed by atoms with E-state index in [0.29, 0.717) is 0 Å². The van der Waals surface area contributed by atoms with Gasteiger partial charge in [-0.3, -0.25) is 9.80 Å². The van der Waals surface area contributed by atoms with Crippen LogP contribution < -0.4 is 10.6 Å². The number of nitrogens with one attached hydrogen (secondary N) is 2. The third kappa shape index (κ3) is 2.25. The molecular weight excluding hydrogens is 200 g/mol. The monoisotopic (exact) mass is 224 g/mol. The molecule has 3 rings (SSSR count). The van der Waals surface area contributed by atoms with E-state index in [4.69, 9.17) is 0 Å². The summed E-state index contributed by atoms with van der Waals surface area (Å²) in [5, 5.41) is 6.82. The van der Waals surface area contributed by atoms with E-state index in [1.165, 1.54) is 65.2 Å². The van der Waals surface area contributed by atoms with Gasteiger partial charge in [0.25, 0.3) is 0 Å². The molecule has 0 radical (unpaired) electrons. The Labute approximate surface area is 98.4 Å². The Morgan fingerprint density at radius 3 is 1.75 bits per heavy atom. The maximum absolute atomic E-state index is 3.45. The Balaban J connectivity index is 1.45. The van der Waals surface area contributed by atoms with Crippen LogP contribution in [0.5, 0.6) is 0 Å². The van der Waals surface area contributed by atoms with E-state index in [2.05, 4.69) is 20.4 Å². The van der Waals surface area contributed by atoms with Crippen molar-refractivity contribution >= 4 is 0 Å². The maximum Gasteiger partial charge on any atom is 0.0346 e. The summed E-state index contributed by atoms with van der Waals surface area (Å²) in [6.07, 6.45) is 2.70. The molecule has 3 heterocycles. The normalized spacial score (nSPS) is 31.5. The zero-order valence-corrected chi connectivity index (χ0v) is 10.1. The summed E-state index contributed by atoms with van der Waals surface area (Å²) in [7, 11) is 0. The van der Waals surface area contributed by atoms with Gasteiger partial charge in [0.15, 0.2) is 0 Å². The van der Waals surface area contributed by atoms with Gasteiger partial charge in [0.2, 0.25) is 0 Å². The molecule has 3 fully saturated rings. The molecule has 0 saturated carbocycles. The van der Waals surface area contributed by atoms with Crippen LogP contribution in [0.4, 0.5) is 0 Å². The van der Waals surface area contributed by atoms with Crippen molar-refractivity contribution in [2.24, 2.45) is 0 Å². The van der Waals surface area contributed by atoms with Crippen molar-refractivity contribution in [1.29, 1.82) is 0 Å². The molecule has 2 N–H and O–H groups in total. The van der Waals surface area contributed by atoms with E-state index in [1.54, 1.807) is 0 Å². The predicted octanol–water partition coefficient (Wildman–Crippen LogP) is -0.672. The first kappa shape index (κ1) is 11.0. The molecule has 4 nitrogen and oxygen atoms in total. The Morgan fingerprint density at radius 2 is 1.25 bits per heavy atom. The second-order valence-electron chi connectivity index (χ2n) is 5.37. The average molecular weight is 224 g/mol. The molecule has 4 heteroatoms. The summed E-state index contributed by atoms with van der Waals surface area (Å²) >= 11 is 0. The zero-order valence-electron chi connectivity index (χ0n) is 10.1. The van der Waals surface area contributed by atoms with Crippen molar-refractivity contribution in [2.45, 2.75) is 24.9 Å². The minimum absolute atomic E-state index is 0.843. The molecule has 0 aromatic heterocycles. The largest absolute Gasteiger partial charge is 0.317 e. The highest BCUT2D eigenvalue weighted by Crippen LogP contribution is 2.16. The third-order valence-electron chi connectivity index (χ3n) is 4.45. The van der Waals surface area contributed by atoms with E-state index >= 15 is 0 Å². The van der Waals surface area contributed by atoms with Gasteiger partial charge in [0.1, 0.15) is 0 Å². The Bertz CT molecular complexity index is 215. The van der Waals surface area contributed by atoms with Gasteiger partial charge in [0, 0.05) is 51.4 Å². The second-order valence-corrected chi connectivity index (χ2v) is 5.37. The van der Waals surface area contributed by atoms with Crippen LogP contribution in [0.3, 0.4) is 0 Å². The quantitative estimate of drug-likeness (QED) is 0.651. The number of nitrogens with zero attached hydrogens (tertiary/aromatic N) is 2. The first-order valence-electron chi connectivity index (χ1n) is 6.83. The van der Waals surface area contributed by atoms with E-state index in [-0.39, 0.29) is 0 Å². The Kier molecular flexibility index (Phi) is 3.43. The number of piperazine rings is 1. The van der Waals surface area contributed by atoms with Crippen LogP contribution in [-0.4, -0.2) is 74.2 Å². The Morgan fingerprint density at radius 1 is 0.688 bits per heavy atom. The maximum atomic E-state index is 3.45. The SMILES string of the molecule is C1CC(N2CCN(C3CNC3)CC2)CCN1. The van der Waals surface area contributed by atoms with Gasteiger partial charge < -0.3 is 10.6 Å². The van der Waals surface area contributed by atoms with Gasteiger partial charge in [0.05, 0.1) is 0 Å². The fraction of sp³-hybridized carbons (Fsp3) is 1.00. The molecule has 3 saturated heterocycles. The summed E-state index contributed by atoms with van der Waals surface area (Å²) in [6, 6.07) is 1.71. The smallest absolute Gasteiger partial charge is 0.0346 e. The molecule has 0 amide bonds. The van der Waals surface area contributed by atoms with E-state index < -0.39 is 0 Å². The topological polar surface area (TPSA) is 30.5 Å². The highest BCUT2D eigenvalue weighted by atomic mass is 15.3. The number of rotatable bonds is 2. The van der Waals surface area contributed by atoms with Crippen molar-refractivity contribution in [1.82, 2.24) is 20.4 Å². The predicted molar refractivity (Wildman–Crippen MR) is 65.7 cm³/mol. The summed E-state index contributed by atoms with van der Waals surface area (Å²) in [4.78, 5) is 5.40. The summed E-state index contributed by atoms with van der Waals surface area (Å²) in [5.41, 5.74) is 0. The molecule has 0 aromatic rings. The van der Waals surface area contributed by atoms with Gasteiger partial charge in [-0.15, -0.1) is 0 Å². The van der Waals surface area contributed by atoms with Crippen LogP contribution in [-0.2, 0) is 0 Å². The first-order chi connectivity index (χ1) is 7.93. The molecule has 92 valence electrons. The van der Waals surface area contributed by atoms with Gasteiger partial charge in [-0.2, -0.15) is 0 Å². The molecule has 0 unspecified atom stereocenters. The number of hydrogen-bond acceptors (Lipinski definition) is 4. The van der Waals surface area contributed by atoms with Crippen LogP contribution in [0.1, 0.15) is 12.8 Å². The molecular formula is C12H24N4. The fourth-order valence-corrected chi connectivity index (χ4v) is 3.17. The van der Waals surface area contributed by atoms with Crippen molar-refractivity contribution in [3.05, 3.63) is 0 Å². The number of hydrogen-bond donors (Lipinski definition) is 2. The molecule has 0 aromatic carbocycles. The summed E-state index contributed by atoms with van der Waals surface area (Å²) < 4.78 is 0. The van der Waals surface area contributed by atoms with Crippen molar-refractivity contribution in [3.63, 3.8) is 0 Å². The highest BCUT2D eigenvalue weighted by Gasteiger charge is 2.30. The third-order valence-corrected chi connectivity index (χ3v) is 4.45. The average Bonchev–Trinajstić information content (AvgIpc) is 2.29. The molecule has 0 spiro atoms. The van der Waals surface area contributed by atoms with Crippen LogP contribution in [0.25, 0.3) is 0 Å². The van der Waals surface area contributed by atoms with Crippen molar-refractivity contribution in [3.8, 4) is 0 Å². The lowest BCUT2D eigenvalue weighted by atomic mass is 10.0. The second kappa shape index (κ2) is 5.00. The minimum Gasteiger partial charge on any atom is -0.317 e. The molecule has 16 heavy (non-hydrogen) atoms. The van der Waals surface area contributed by atoms with E-state index in [1.807, 2.05) is 0 Å². The van der Waals surface area contributed by atoms with Gasteiger partial charge in [-0.25, -0.2) is 0 Å². The highest BCUT2D eigenvalue weighted by molar-refractivity contribution is 4.89. The van der Waals surface area contributed by atoms with Crippen molar-refractivity contribution in [2.75, 3.05) is 52.4 Å². The lowest BCUT2D eigenvalue weighted by Crippen LogP contribution is -2.62. The lowest BCUT2D eigenvalue weighted by molar-refractivity contribution is 0.0439. The standard InChI is InChI=1S/C12H24N4/c1-3-13-4-2-11(1)15-5-7-16(8-6-15)12-9-14-10-12/h11-14H,1-10H2. The van der Waals surface area contributed by atoms with Crippen LogP contribution in [0.2, 0.25) is 0 Å². The molecule has 0 bridgehead atoms. The molecule has 0 aliphatic carbocycles. The number of piperidine rings is 1. The summed E-state index contributed by atoms with van der Waals surface area (Å²) in [5.74, 6) is 0. The van der Waals surface area contributed by atoms with Gasteiger partial charge in [-0.1, -0.05) is 0 Å². The van der Waals surface area contributed by atoms with Gasteiger partial charge in [-0.05, 0) is 25.9 Å². The Hall–Kier alpha value is -0.160. The zero-order chi connectivity index (χ0) is 10.8. The lowest BCUT2D eigenvalue weighted by Gasteiger charge is -2.45. The minimum atomic E-state index is 0.843.